The number of anilines is 4. The zero-order chi connectivity index (χ0) is 22.9. The minimum Gasteiger partial charge on any atom is -0.364 e. The quantitative estimate of drug-likeness (QED) is 0.342. The number of H-pyrrole nitrogens is 1. The maximum Gasteiger partial charge on any atom is 0.266 e. The fourth-order valence-electron chi connectivity index (χ4n) is 3.81. The first-order valence-corrected chi connectivity index (χ1v) is 10.7. The molecular weight excluding hydrogens is 446 g/mol. The van der Waals surface area contributed by atoms with E-state index in [4.69, 9.17) is 17.3 Å². The maximum absolute atomic E-state index is 13.0. The van der Waals surface area contributed by atoms with Crippen molar-refractivity contribution in [3.05, 3.63) is 59.4 Å². The molecule has 12 heteroatoms. The van der Waals surface area contributed by atoms with Crippen LogP contribution in [0.25, 0.3) is 5.52 Å². The standard InChI is InChI=1S/C21H20ClN9O2/c22-12-5-7-13(8-6-12)24-20(33)16-4-1-9-30(16)21-26-19(15-3-2-10-31(15)29-21)25-17-11-14(18(23)32)27-28-17/h2-3,5-8,10-11,16H,1,4,9H2,(H2,23,32)(H,24,33)(H2,25,26,27,28,29)/t16-/m0/s1. The van der Waals surface area contributed by atoms with Crippen molar-refractivity contribution in [2.45, 2.75) is 18.9 Å². The molecule has 168 valence electrons. The summed E-state index contributed by atoms with van der Waals surface area (Å²) in [6, 6.07) is 11.7. The smallest absolute Gasteiger partial charge is 0.266 e. The van der Waals surface area contributed by atoms with Gasteiger partial charge in [0, 0.05) is 29.5 Å². The number of nitrogens with zero attached hydrogens (tertiary/aromatic N) is 5. The van der Waals surface area contributed by atoms with Gasteiger partial charge in [-0.05, 0) is 49.2 Å². The first-order valence-electron chi connectivity index (χ1n) is 10.3. The van der Waals surface area contributed by atoms with Crippen molar-refractivity contribution < 1.29 is 9.59 Å². The number of amides is 2. The van der Waals surface area contributed by atoms with Crippen LogP contribution in [0.15, 0.2) is 48.7 Å². The van der Waals surface area contributed by atoms with Gasteiger partial charge in [-0.2, -0.15) is 10.1 Å². The number of hydrogen-bond donors (Lipinski definition) is 4. The van der Waals surface area contributed by atoms with Gasteiger partial charge in [0.05, 0.1) is 0 Å². The lowest BCUT2D eigenvalue weighted by molar-refractivity contribution is -0.117. The molecule has 33 heavy (non-hydrogen) atoms. The predicted molar refractivity (Wildman–Crippen MR) is 124 cm³/mol. The molecule has 1 saturated heterocycles. The molecule has 0 radical (unpaired) electrons. The number of fused-ring (bicyclic) bond motifs is 1. The first kappa shape index (κ1) is 20.8. The minimum absolute atomic E-state index is 0.140. The Bertz CT molecular complexity index is 1330. The number of carbonyl (C=O) groups excluding carboxylic acids is 2. The fourth-order valence-corrected chi connectivity index (χ4v) is 3.93. The molecule has 1 fully saturated rings. The second kappa shape index (κ2) is 8.43. The van der Waals surface area contributed by atoms with Crippen LogP contribution in [0, 0.1) is 0 Å². The molecule has 0 spiro atoms. The van der Waals surface area contributed by atoms with Crippen LogP contribution in [0.4, 0.5) is 23.3 Å². The topological polar surface area (TPSA) is 146 Å². The highest BCUT2D eigenvalue weighted by Crippen LogP contribution is 2.27. The Kier molecular flexibility index (Phi) is 5.31. The molecule has 1 atom stereocenters. The van der Waals surface area contributed by atoms with Crippen LogP contribution in [0.2, 0.25) is 5.02 Å². The van der Waals surface area contributed by atoms with Gasteiger partial charge >= 0.3 is 0 Å². The largest absolute Gasteiger partial charge is 0.364 e. The van der Waals surface area contributed by atoms with E-state index in [1.54, 1.807) is 35.0 Å². The summed E-state index contributed by atoms with van der Waals surface area (Å²) in [6.45, 7) is 0.638. The molecule has 0 saturated carbocycles. The molecule has 0 unspecified atom stereocenters. The number of hydrogen-bond acceptors (Lipinski definition) is 7. The highest BCUT2D eigenvalue weighted by atomic mass is 35.5. The molecule has 4 heterocycles. The molecule has 1 aliphatic heterocycles. The fraction of sp³-hybridized carbons (Fsp3) is 0.190. The molecule has 5 N–H and O–H groups in total. The van der Waals surface area contributed by atoms with E-state index in [1.165, 1.54) is 6.07 Å². The molecular formula is C21H20ClN9O2. The third kappa shape index (κ3) is 4.17. The number of nitrogens with one attached hydrogen (secondary N) is 3. The lowest BCUT2D eigenvalue weighted by Gasteiger charge is -2.24. The SMILES string of the molecule is NC(=O)c1cc(Nc2nc(N3CCC[C@H]3C(=O)Nc3ccc(Cl)cc3)nn3cccc23)n[nH]1. The molecule has 11 nitrogen and oxygen atoms in total. The van der Waals surface area contributed by atoms with Gasteiger partial charge in [-0.25, -0.2) is 4.52 Å². The van der Waals surface area contributed by atoms with Gasteiger partial charge in [0.15, 0.2) is 11.6 Å². The lowest BCUT2D eigenvalue weighted by Crippen LogP contribution is -2.40. The van der Waals surface area contributed by atoms with E-state index in [2.05, 4.69) is 30.9 Å². The van der Waals surface area contributed by atoms with Crippen LogP contribution >= 0.6 is 11.6 Å². The summed E-state index contributed by atoms with van der Waals surface area (Å²) in [5.41, 5.74) is 6.85. The summed E-state index contributed by atoms with van der Waals surface area (Å²) in [7, 11) is 0. The third-order valence-electron chi connectivity index (χ3n) is 5.39. The van der Waals surface area contributed by atoms with Crippen LogP contribution in [0.5, 0.6) is 0 Å². The van der Waals surface area contributed by atoms with Gasteiger partial charge in [0.1, 0.15) is 17.3 Å². The van der Waals surface area contributed by atoms with Gasteiger partial charge in [-0.15, -0.1) is 5.10 Å². The zero-order valence-corrected chi connectivity index (χ0v) is 18.1. The van der Waals surface area contributed by atoms with E-state index in [0.717, 1.165) is 6.42 Å². The predicted octanol–water partition coefficient (Wildman–Crippen LogP) is 2.56. The van der Waals surface area contributed by atoms with Crippen molar-refractivity contribution in [2.75, 3.05) is 22.1 Å². The van der Waals surface area contributed by atoms with Crippen molar-refractivity contribution in [1.29, 1.82) is 0 Å². The number of carbonyl (C=O) groups is 2. The second-order valence-electron chi connectivity index (χ2n) is 7.60. The van der Waals surface area contributed by atoms with Gasteiger partial charge < -0.3 is 21.3 Å². The molecule has 3 aromatic heterocycles. The molecule has 1 aromatic carbocycles. The van der Waals surface area contributed by atoms with Crippen LogP contribution in [0.1, 0.15) is 23.3 Å². The van der Waals surface area contributed by atoms with Crippen molar-refractivity contribution in [3.63, 3.8) is 0 Å². The number of aromatic amines is 1. The van der Waals surface area contributed by atoms with Gasteiger partial charge in [0.2, 0.25) is 11.9 Å². The number of rotatable bonds is 6. The van der Waals surface area contributed by atoms with Gasteiger partial charge in [-0.3, -0.25) is 14.7 Å². The Morgan fingerprint density at radius 3 is 2.79 bits per heavy atom. The molecule has 1 aliphatic rings. The third-order valence-corrected chi connectivity index (χ3v) is 5.65. The van der Waals surface area contributed by atoms with E-state index >= 15 is 0 Å². The number of primary amides is 1. The molecule has 5 rings (SSSR count). The molecule has 0 bridgehead atoms. The number of benzene rings is 1. The Morgan fingerprint density at radius 1 is 1.21 bits per heavy atom. The number of aromatic nitrogens is 5. The Labute approximate surface area is 192 Å². The Morgan fingerprint density at radius 2 is 2.03 bits per heavy atom. The lowest BCUT2D eigenvalue weighted by atomic mass is 10.2. The van der Waals surface area contributed by atoms with Crippen molar-refractivity contribution in [3.8, 4) is 0 Å². The minimum atomic E-state index is -0.613. The summed E-state index contributed by atoms with van der Waals surface area (Å²) in [5, 5.41) is 17.9. The summed E-state index contributed by atoms with van der Waals surface area (Å²) < 4.78 is 1.68. The summed E-state index contributed by atoms with van der Waals surface area (Å²) >= 11 is 5.93. The maximum atomic E-state index is 13.0. The normalized spacial score (nSPS) is 15.7. The molecule has 0 aliphatic carbocycles. The summed E-state index contributed by atoms with van der Waals surface area (Å²) in [4.78, 5) is 30.9. The Hall–Kier alpha value is -4.12. The van der Waals surface area contributed by atoms with E-state index in [0.29, 0.717) is 46.8 Å². The average Bonchev–Trinajstić information content (AvgIpc) is 3.55. The monoisotopic (exact) mass is 465 g/mol. The van der Waals surface area contributed by atoms with Crippen LogP contribution in [-0.4, -0.2) is 49.2 Å². The average molecular weight is 466 g/mol. The summed E-state index contributed by atoms with van der Waals surface area (Å²) in [6.07, 6.45) is 3.30. The molecule has 2 amide bonds. The van der Waals surface area contributed by atoms with Crippen LogP contribution < -0.4 is 21.3 Å². The molecule has 4 aromatic rings. The highest BCUT2D eigenvalue weighted by Gasteiger charge is 2.33. The van der Waals surface area contributed by atoms with Crippen molar-refractivity contribution in [1.82, 2.24) is 24.8 Å². The van der Waals surface area contributed by atoms with E-state index in [1.807, 2.05) is 17.0 Å². The van der Waals surface area contributed by atoms with E-state index in [-0.39, 0.29) is 11.6 Å². The highest BCUT2D eigenvalue weighted by molar-refractivity contribution is 6.30. The zero-order valence-electron chi connectivity index (χ0n) is 17.3. The van der Waals surface area contributed by atoms with Crippen molar-refractivity contribution in [2.24, 2.45) is 5.73 Å². The first-order chi connectivity index (χ1) is 16.0. The van der Waals surface area contributed by atoms with E-state index in [9.17, 15) is 9.59 Å². The second-order valence-corrected chi connectivity index (χ2v) is 8.04. The van der Waals surface area contributed by atoms with Gasteiger partial charge in [0.25, 0.3) is 5.91 Å². The Balaban J connectivity index is 1.42. The summed E-state index contributed by atoms with van der Waals surface area (Å²) in [5.74, 6) is 0.518. The van der Waals surface area contributed by atoms with E-state index < -0.39 is 11.9 Å². The number of halogens is 1. The number of nitrogens with two attached hydrogens (primary N) is 1. The van der Waals surface area contributed by atoms with Crippen molar-refractivity contribution >= 4 is 52.2 Å². The van der Waals surface area contributed by atoms with Crippen LogP contribution in [0.3, 0.4) is 0 Å². The van der Waals surface area contributed by atoms with Gasteiger partial charge in [-0.1, -0.05) is 11.6 Å². The van der Waals surface area contributed by atoms with Crippen LogP contribution in [-0.2, 0) is 4.79 Å².